The van der Waals surface area contributed by atoms with Crippen LogP contribution < -0.4 is 5.73 Å². The highest BCUT2D eigenvalue weighted by Crippen LogP contribution is 2.61. The van der Waals surface area contributed by atoms with Gasteiger partial charge >= 0.3 is 7.82 Å². The summed E-state index contributed by atoms with van der Waals surface area (Å²) >= 11 is 0. The average molecular weight is 361 g/mol. The number of phosphoric ester groups is 1. The highest BCUT2D eigenvalue weighted by molar-refractivity contribution is 7.47. The molecular formula is C17H32NO5P. The summed E-state index contributed by atoms with van der Waals surface area (Å²) in [6.45, 7) is 1.74. The van der Waals surface area contributed by atoms with E-state index in [-0.39, 0.29) is 19.8 Å². The molecule has 0 aromatic heterocycles. The molecule has 4 rings (SSSR count). The fraction of sp³-hybridized carbons (Fsp3) is 1.00. The standard InChI is InChI=1S/C17H32NO5P/c18-3-7-23-24(19,20)22-5-1-4-21-6-2-17-11-14-8-15(12-17)10-16(9-14)13-17/h14-16H,1-13,18H2,(H,19,20). The van der Waals surface area contributed by atoms with Crippen molar-refractivity contribution in [2.45, 2.75) is 51.4 Å². The van der Waals surface area contributed by atoms with Gasteiger partial charge in [-0.1, -0.05) is 0 Å². The first-order chi connectivity index (χ1) is 11.5. The topological polar surface area (TPSA) is 91.0 Å². The maximum absolute atomic E-state index is 11.4. The van der Waals surface area contributed by atoms with Crippen LogP contribution in [0.4, 0.5) is 0 Å². The van der Waals surface area contributed by atoms with Crippen molar-refractivity contribution in [1.29, 1.82) is 0 Å². The van der Waals surface area contributed by atoms with Gasteiger partial charge in [-0.3, -0.25) is 9.05 Å². The molecule has 3 N–H and O–H groups in total. The molecule has 1 unspecified atom stereocenters. The third kappa shape index (κ3) is 5.03. The molecular weight excluding hydrogens is 329 g/mol. The van der Waals surface area contributed by atoms with Crippen LogP contribution in [0.1, 0.15) is 51.4 Å². The minimum Gasteiger partial charge on any atom is -0.381 e. The van der Waals surface area contributed by atoms with E-state index in [1.165, 1.54) is 44.9 Å². The van der Waals surface area contributed by atoms with Gasteiger partial charge in [-0.15, -0.1) is 0 Å². The molecule has 1 atom stereocenters. The second-order valence-electron chi connectivity index (χ2n) is 8.06. The number of hydrogen-bond acceptors (Lipinski definition) is 5. The zero-order chi connectivity index (χ0) is 17.0. The molecule has 140 valence electrons. The van der Waals surface area contributed by atoms with Gasteiger partial charge < -0.3 is 15.4 Å². The van der Waals surface area contributed by atoms with Crippen LogP contribution in [-0.4, -0.2) is 37.9 Å². The Morgan fingerprint density at radius 3 is 2.12 bits per heavy atom. The number of nitrogens with two attached hydrogens (primary N) is 1. The molecule has 0 saturated heterocycles. The van der Waals surface area contributed by atoms with Crippen LogP contribution in [0.5, 0.6) is 0 Å². The summed E-state index contributed by atoms with van der Waals surface area (Å²) in [6, 6.07) is 0. The van der Waals surface area contributed by atoms with Crippen LogP contribution >= 0.6 is 7.82 Å². The average Bonchev–Trinajstić information content (AvgIpc) is 2.50. The third-order valence-electron chi connectivity index (χ3n) is 6.00. The Hall–Kier alpha value is 0.0300. The molecule has 0 aliphatic heterocycles. The molecule has 0 aromatic carbocycles. The SMILES string of the molecule is NCCOP(=O)(O)OCCCOCCC12CC3CC(CC(C3)C1)C2. The minimum absolute atomic E-state index is 0.0232. The van der Waals surface area contributed by atoms with E-state index in [4.69, 9.17) is 15.0 Å². The molecule has 4 fully saturated rings. The Morgan fingerprint density at radius 1 is 0.958 bits per heavy atom. The van der Waals surface area contributed by atoms with Crippen LogP contribution in [0.3, 0.4) is 0 Å². The van der Waals surface area contributed by atoms with E-state index in [2.05, 4.69) is 4.52 Å². The number of rotatable bonds is 11. The van der Waals surface area contributed by atoms with Crippen LogP contribution in [0.25, 0.3) is 0 Å². The lowest BCUT2D eigenvalue weighted by atomic mass is 9.49. The quantitative estimate of drug-likeness (QED) is 0.434. The van der Waals surface area contributed by atoms with E-state index < -0.39 is 7.82 Å². The van der Waals surface area contributed by atoms with Gasteiger partial charge in [0, 0.05) is 19.8 Å². The summed E-state index contributed by atoms with van der Waals surface area (Å²) < 4.78 is 26.7. The summed E-state index contributed by atoms with van der Waals surface area (Å²) in [5.74, 6) is 2.95. The number of ether oxygens (including phenoxy) is 1. The Labute approximate surface area is 145 Å². The van der Waals surface area contributed by atoms with Crippen molar-refractivity contribution in [2.24, 2.45) is 28.9 Å². The van der Waals surface area contributed by atoms with E-state index in [9.17, 15) is 9.46 Å². The zero-order valence-electron chi connectivity index (χ0n) is 14.5. The van der Waals surface area contributed by atoms with Gasteiger partial charge in [-0.2, -0.15) is 0 Å². The third-order valence-corrected chi connectivity index (χ3v) is 7.02. The molecule has 0 amide bonds. The first-order valence-corrected chi connectivity index (χ1v) is 10.9. The minimum atomic E-state index is -3.94. The molecule has 4 saturated carbocycles. The monoisotopic (exact) mass is 361 g/mol. The highest BCUT2D eigenvalue weighted by Gasteiger charge is 2.50. The fourth-order valence-electron chi connectivity index (χ4n) is 5.53. The molecule has 0 aromatic rings. The van der Waals surface area contributed by atoms with Gasteiger partial charge in [0.05, 0.1) is 13.2 Å². The molecule has 0 radical (unpaired) electrons. The van der Waals surface area contributed by atoms with Gasteiger partial charge in [-0.25, -0.2) is 4.57 Å². The van der Waals surface area contributed by atoms with Crippen molar-refractivity contribution < 1.29 is 23.2 Å². The summed E-state index contributed by atoms with van der Waals surface area (Å²) in [4.78, 5) is 9.36. The first kappa shape index (κ1) is 18.8. The lowest BCUT2D eigenvalue weighted by Crippen LogP contribution is -2.46. The summed E-state index contributed by atoms with van der Waals surface area (Å²) in [7, 11) is -3.94. The summed E-state index contributed by atoms with van der Waals surface area (Å²) in [5.41, 5.74) is 5.78. The Morgan fingerprint density at radius 2 is 1.54 bits per heavy atom. The van der Waals surface area contributed by atoms with Crippen molar-refractivity contribution in [1.82, 2.24) is 0 Å². The van der Waals surface area contributed by atoms with Gasteiger partial charge in [0.15, 0.2) is 0 Å². The smallest absolute Gasteiger partial charge is 0.381 e. The van der Waals surface area contributed by atoms with E-state index >= 15 is 0 Å². The molecule has 4 aliphatic carbocycles. The van der Waals surface area contributed by atoms with E-state index in [0.29, 0.717) is 18.4 Å². The van der Waals surface area contributed by atoms with Crippen molar-refractivity contribution in [3.8, 4) is 0 Å². The van der Waals surface area contributed by atoms with Crippen LogP contribution in [0, 0.1) is 23.2 Å². The predicted molar refractivity (Wildman–Crippen MR) is 91.4 cm³/mol. The highest BCUT2D eigenvalue weighted by atomic mass is 31.2. The Bertz CT molecular complexity index is 423. The van der Waals surface area contributed by atoms with Crippen molar-refractivity contribution in [2.75, 3.05) is 33.0 Å². The predicted octanol–water partition coefficient (Wildman–Crippen LogP) is 3.09. The van der Waals surface area contributed by atoms with Crippen LogP contribution in [0.2, 0.25) is 0 Å². The van der Waals surface area contributed by atoms with E-state index in [1.54, 1.807) is 0 Å². The lowest BCUT2D eigenvalue weighted by molar-refractivity contribution is -0.0692. The van der Waals surface area contributed by atoms with Crippen molar-refractivity contribution in [3.63, 3.8) is 0 Å². The number of hydrogen-bond donors (Lipinski definition) is 2. The Balaban J connectivity index is 1.26. The summed E-state index contributed by atoms with van der Waals surface area (Å²) in [6.07, 6.45) is 10.4. The second kappa shape index (κ2) is 8.15. The van der Waals surface area contributed by atoms with Gasteiger partial charge in [0.25, 0.3) is 0 Å². The maximum atomic E-state index is 11.4. The maximum Gasteiger partial charge on any atom is 0.472 e. The first-order valence-electron chi connectivity index (χ1n) is 9.40. The molecule has 4 aliphatic rings. The van der Waals surface area contributed by atoms with Crippen molar-refractivity contribution in [3.05, 3.63) is 0 Å². The van der Waals surface area contributed by atoms with Gasteiger partial charge in [0.1, 0.15) is 0 Å². The van der Waals surface area contributed by atoms with E-state index in [0.717, 1.165) is 24.4 Å². The Kier molecular flexibility index (Phi) is 6.39. The molecule has 0 heterocycles. The van der Waals surface area contributed by atoms with Crippen molar-refractivity contribution >= 4 is 7.82 Å². The summed E-state index contributed by atoms with van der Waals surface area (Å²) in [5, 5.41) is 0. The molecule has 7 heteroatoms. The number of phosphoric acid groups is 1. The molecule has 0 spiro atoms. The second-order valence-corrected chi connectivity index (χ2v) is 9.51. The van der Waals surface area contributed by atoms with E-state index in [1.807, 2.05) is 0 Å². The lowest BCUT2D eigenvalue weighted by Gasteiger charge is -2.57. The van der Waals surface area contributed by atoms with Gasteiger partial charge in [-0.05, 0) is 74.5 Å². The molecule has 24 heavy (non-hydrogen) atoms. The van der Waals surface area contributed by atoms with Crippen LogP contribution in [-0.2, 0) is 18.3 Å². The molecule has 6 nitrogen and oxygen atoms in total. The van der Waals surface area contributed by atoms with Gasteiger partial charge in [0.2, 0.25) is 0 Å². The fourth-order valence-corrected chi connectivity index (χ4v) is 6.30. The largest absolute Gasteiger partial charge is 0.472 e. The molecule has 4 bridgehead atoms. The van der Waals surface area contributed by atoms with Crippen LogP contribution in [0.15, 0.2) is 0 Å². The zero-order valence-corrected chi connectivity index (χ0v) is 15.4. The normalized spacial score (nSPS) is 36.8.